The minimum absolute atomic E-state index is 0.0540. The highest BCUT2D eigenvalue weighted by Gasteiger charge is 2.14. The molecule has 2 N–H and O–H groups in total. The van der Waals surface area contributed by atoms with Crippen molar-refractivity contribution in [2.24, 2.45) is 0 Å². The van der Waals surface area contributed by atoms with Gasteiger partial charge in [0.1, 0.15) is 24.3 Å². The van der Waals surface area contributed by atoms with E-state index < -0.39 is 27.9 Å². The molecule has 0 aromatic heterocycles. The number of carboxylic acid groups (broad SMARTS) is 1. The van der Waals surface area contributed by atoms with Crippen LogP contribution in [0.3, 0.4) is 0 Å². The Hall–Kier alpha value is -2.15. The van der Waals surface area contributed by atoms with Gasteiger partial charge in [-0.15, -0.1) is 0 Å². The smallest absolute Gasteiger partial charge is 0.303 e. The molecule has 0 radical (unpaired) electrons. The number of halogens is 1. The Kier molecular flexibility index (Phi) is 10.5. The lowest BCUT2D eigenvalue weighted by Gasteiger charge is -2.17. The van der Waals surface area contributed by atoms with Gasteiger partial charge in [0.15, 0.2) is 0 Å². The second-order valence-corrected chi connectivity index (χ2v) is 8.24. The third-order valence-electron chi connectivity index (χ3n) is 3.76. The van der Waals surface area contributed by atoms with Crippen molar-refractivity contribution < 1.29 is 32.6 Å². The summed E-state index contributed by atoms with van der Waals surface area (Å²) >= 11 is 0. The van der Waals surface area contributed by atoms with Crippen molar-refractivity contribution in [2.75, 3.05) is 26.0 Å². The molecule has 1 atom stereocenters. The molecule has 9 heteroatoms. The maximum atomic E-state index is 12.8. The number of hydrogen-bond donors (Lipinski definition) is 2. The molecule has 1 aromatic carbocycles. The first kappa shape index (κ1) is 23.9. The van der Waals surface area contributed by atoms with E-state index >= 15 is 0 Å². The molecule has 0 aliphatic rings. The van der Waals surface area contributed by atoms with E-state index in [-0.39, 0.29) is 26.1 Å². The van der Waals surface area contributed by atoms with Crippen LogP contribution in [-0.4, -0.2) is 61.0 Å². The van der Waals surface area contributed by atoms with Crippen LogP contribution in [0.4, 0.5) is 4.39 Å². The van der Waals surface area contributed by atoms with Crippen molar-refractivity contribution in [1.82, 2.24) is 4.31 Å². The van der Waals surface area contributed by atoms with Crippen LogP contribution in [0.25, 0.3) is 0 Å². The summed E-state index contributed by atoms with van der Waals surface area (Å²) in [5.74, 6) is 4.32. The van der Waals surface area contributed by atoms with Crippen molar-refractivity contribution >= 4 is 16.0 Å². The van der Waals surface area contributed by atoms with Crippen LogP contribution < -0.4 is 4.74 Å². The van der Waals surface area contributed by atoms with E-state index in [9.17, 15) is 22.7 Å². The predicted molar refractivity (Wildman–Crippen MR) is 103 cm³/mol. The van der Waals surface area contributed by atoms with Crippen LogP contribution >= 0.6 is 0 Å². The molecule has 0 fully saturated rings. The van der Waals surface area contributed by atoms with E-state index in [0.717, 1.165) is 19.1 Å². The highest BCUT2D eigenvalue weighted by Crippen LogP contribution is 2.11. The number of sulfonamides is 1. The number of unbranched alkanes of at least 4 members (excludes halogenated alkanes) is 3. The first-order valence-electron chi connectivity index (χ1n) is 8.90. The number of carbonyl (C=O) groups is 1. The van der Waals surface area contributed by atoms with Gasteiger partial charge in [-0.25, -0.2) is 12.8 Å². The molecule has 0 amide bonds. The molecule has 0 aliphatic heterocycles. The second-order valence-electron chi connectivity index (χ2n) is 6.26. The number of hydrogen-bond acceptors (Lipinski definition) is 5. The number of ether oxygens (including phenoxy) is 1. The number of nitrogens with zero attached hydrogens (tertiary/aromatic N) is 1. The number of aliphatic hydroxyl groups excluding tert-OH is 1. The highest BCUT2D eigenvalue weighted by molar-refractivity contribution is 7.88. The molecule has 0 bridgehead atoms. The lowest BCUT2D eigenvalue weighted by Crippen LogP contribution is -2.31. The summed E-state index contributed by atoms with van der Waals surface area (Å²) in [6.45, 7) is 0.103. The number of aliphatic hydroxyl groups is 1. The molecular formula is C19H26FNO6S. The van der Waals surface area contributed by atoms with Gasteiger partial charge < -0.3 is 14.9 Å². The number of aliphatic carboxylic acids is 1. The Morgan fingerprint density at radius 3 is 2.46 bits per heavy atom. The largest absolute Gasteiger partial charge is 0.490 e. The van der Waals surface area contributed by atoms with Crippen molar-refractivity contribution in [3.05, 3.63) is 30.1 Å². The minimum atomic E-state index is -3.44. The SMILES string of the molecule is CS(=O)(=O)N(CC#CC(O)COc1ccc(F)cc1)CCCCCCC(=O)O. The Morgan fingerprint density at radius 2 is 1.86 bits per heavy atom. The summed E-state index contributed by atoms with van der Waals surface area (Å²) in [6.07, 6.45) is 2.70. The average molecular weight is 415 g/mol. The second kappa shape index (κ2) is 12.3. The van der Waals surface area contributed by atoms with E-state index in [1.54, 1.807) is 0 Å². The van der Waals surface area contributed by atoms with E-state index in [0.29, 0.717) is 18.6 Å². The summed E-state index contributed by atoms with van der Waals surface area (Å²) < 4.78 is 42.9. The lowest BCUT2D eigenvalue weighted by atomic mass is 10.1. The highest BCUT2D eigenvalue weighted by atomic mass is 32.2. The zero-order valence-corrected chi connectivity index (χ0v) is 16.6. The third kappa shape index (κ3) is 10.9. The number of carboxylic acids is 1. The molecule has 1 unspecified atom stereocenters. The third-order valence-corrected chi connectivity index (χ3v) is 5.01. The van der Waals surface area contributed by atoms with Crippen molar-refractivity contribution in [1.29, 1.82) is 0 Å². The van der Waals surface area contributed by atoms with Gasteiger partial charge in [-0.1, -0.05) is 24.7 Å². The van der Waals surface area contributed by atoms with Crippen LogP contribution in [0.15, 0.2) is 24.3 Å². The summed E-state index contributed by atoms with van der Waals surface area (Å²) in [5.41, 5.74) is 0. The van der Waals surface area contributed by atoms with E-state index in [4.69, 9.17) is 9.84 Å². The van der Waals surface area contributed by atoms with Gasteiger partial charge >= 0.3 is 5.97 Å². The van der Waals surface area contributed by atoms with Gasteiger partial charge in [-0.2, -0.15) is 4.31 Å². The molecule has 0 saturated carbocycles. The Balaban J connectivity index is 2.39. The molecule has 28 heavy (non-hydrogen) atoms. The van der Waals surface area contributed by atoms with Crippen LogP contribution in [-0.2, 0) is 14.8 Å². The fourth-order valence-corrected chi connectivity index (χ4v) is 3.04. The molecule has 7 nitrogen and oxygen atoms in total. The first-order valence-corrected chi connectivity index (χ1v) is 10.7. The average Bonchev–Trinajstić information content (AvgIpc) is 2.61. The van der Waals surface area contributed by atoms with Crippen molar-refractivity contribution in [2.45, 2.75) is 38.2 Å². The fraction of sp³-hybridized carbons (Fsp3) is 0.526. The van der Waals surface area contributed by atoms with Crippen molar-refractivity contribution in [3.63, 3.8) is 0 Å². The predicted octanol–water partition coefficient (Wildman–Crippen LogP) is 1.87. The van der Waals surface area contributed by atoms with Gasteiger partial charge in [-0.3, -0.25) is 4.79 Å². The van der Waals surface area contributed by atoms with Gasteiger partial charge in [-0.05, 0) is 37.1 Å². The van der Waals surface area contributed by atoms with Crippen LogP contribution in [0.2, 0.25) is 0 Å². The van der Waals surface area contributed by atoms with Gasteiger partial charge in [0.05, 0.1) is 12.8 Å². The van der Waals surface area contributed by atoms with E-state index in [1.165, 1.54) is 28.6 Å². The lowest BCUT2D eigenvalue weighted by molar-refractivity contribution is -0.137. The molecular weight excluding hydrogens is 389 g/mol. The molecule has 156 valence electrons. The quantitative estimate of drug-likeness (QED) is 0.399. The van der Waals surface area contributed by atoms with Crippen LogP contribution in [0.5, 0.6) is 5.75 Å². The molecule has 0 saturated heterocycles. The van der Waals surface area contributed by atoms with E-state index in [1.807, 2.05) is 0 Å². The summed E-state index contributed by atoms with van der Waals surface area (Å²) in [6, 6.07) is 5.33. The summed E-state index contributed by atoms with van der Waals surface area (Å²) in [7, 11) is -3.44. The summed E-state index contributed by atoms with van der Waals surface area (Å²) in [4.78, 5) is 10.4. The van der Waals surface area contributed by atoms with Gasteiger partial charge in [0.2, 0.25) is 10.0 Å². The standard InChI is InChI=1S/C19H26FNO6S/c1-28(25,26)21(13-5-3-2-4-8-19(23)24)14-6-7-17(22)15-27-18-11-9-16(20)10-12-18/h9-12,17,22H,2-5,8,13-15H2,1H3,(H,23,24). The normalized spacial score (nSPS) is 12.3. The Bertz CT molecular complexity index is 770. The Morgan fingerprint density at radius 1 is 1.21 bits per heavy atom. The summed E-state index contributed by atoms with van der Waals surface area (Å²) in [5, 5.41) is 18.4. The Labute approximate surface area is 165 Å². The molecule has 0 heterocycles. The zero-order chi connectivity index (χ0) is 21.0. The zero-order valence-electron chi connectivity index (χ0n) is 15.8. The first-order chi connectivity index (χ1) is 13.2. The van der Waals surface area contributed by atoms with Crippen molar-refractivity contribution in [3.8, 4) is 17.6 Å². The topological polar surface area (TPSA) is 104 Å². The fourth-order valence-electron chi connectivity index (χ4n) is 2.28. The number of benzene rings is 1. The molecule has 1 aromatic rings. The van der Waals surface area contributed by atoms with Gasteiger partial charge in [0, 0.05) is 13.0 Å². The maximum absolute atomic E-state index is 12.8. The van der Waals surface area contributed by atoms with Crippen LogP contribution in [0.1, 0.15) is 32.1 Å². The molecule has 1 rings (SSSR count). The molecule has 0 spiro atoms. The maximum Gasteiger partial charge on any atom is 0.303 e. The number of rotatable bonds is 12. The monoisotopic (exact) mass is 415 g/mol. The molecule has 0 aliphatic carbocycles. The van der Waals surface area contributed by atoms with Gasteiger partial charge in [0.25, 0.3) is 0 Å². The van der Waals surface area contributed by atoms with E-state index in [2.05, 4.69) is 11.8 Å². The minimum Gasteiger partial charge on any atom is -0.490 e. The van der Waals surface area contributed by atoms with Crippen LogP contribution in [0, 0.1) is 17.7 Å².